The lowest BCUT2D eigenvalue weighted by atomic mass is 9.98. The number of hydrogen-bond donors (Lipinski definition) is 3. The zero-order valence-electron chi connectivity index (χ0n) is 53.5. The van der Waals surface area contributed by atoms with Crippen LogP contribution in [0.3, 0.4) is 0 Å². The first-order valence-corrected chi connectivity index (χ1v) is 34.6. The molecule has 0 radical (unpaired) electrons. The van der Waals surface area contributed by atoms with Gasteiger partial charge in [-0.3, -0.25) is 14.4 Å². The summed E-state index contributed by atoms with van der Waals surface area (Å²) < 4.78 is 28.6. The van der Waals surface area contributed by atoms with Crippen LogP contribution < -0.4 is 0 Å². The van der Waals surface area contributed by atoms with Crippen LogP contribution in [0.4, 0.5) is 0 Å². The van der Waals surface area contributed by atoms with E-state index < -0.39 is 67.3 Å². The van der Waals surface area contributed by atoms with Crippen molar-refractivity contribution in [1.82, 2.24) is 0 Å². The van der Waals surface area contributed by atoms with Gasteiger partial charge < -0.3 is 39.0 Å². The average Bonchev–Trinajstić information content (AvgIpc) is 3.59. The molecule has 0 aromatic carbocycles. The van der Waals surface area contributed by atoms with Crippen molar-refractivity contribution < 1.29 is 58.2 Å². The fourth-order valence-electron chi connectivity index (χ4n) is 10.5. The number of carbonyl (C=O) groups is 4. The largest absolute Gasteiger partial charge is 0.479 e. The summed E-state index contributed by atoms with van der Waals surface area (Å²) in [5.74, 6) is -3.11. The Balaban J connectivity index is 2.64. The molecule has 482 valence electrons. The number of esters is 3. The minimum absolute atomic E-state index is 0.0564. The lowest BCUT2D eigenvalue weighted by Gasteiger charge is -2.40. The highest BCUT2D eigenvalue weighted by Gasteiger charge is 2.50. The molecule has 0 spiro atoms. The van der Waals surface area contributed by atoms with Crippen LogP contribution in [-0.2, 0) is 42.9 Å². The summed E-state index contributed by atoms with van der Waals surface area (Å²) in [4.78, 5) is 51.4. The van der Waals surface area contributed by atoms with E-state index in [1.54, 1.807) is 0 Å². The van der Waals surface area contributed by atoms with Crippen LogP contribution in [0.1, 0.15) is 329 Å². The maximum Gasteiger partial charge on any atom is 0.335 e. The third-order valence-corrected chi connectivity index (χ3v) is 15.8. The average molecular weight is 1170 g/mol. The molecule has 6 unspecified atom stereocenters. The van der Waals surface area contributed by atoms with Gasteiger partial charge in [0.2, 0.25) is 0 Å². The topological polar surface area (TPSA) is 175 Å². The molecule has 83 heavy (non-hydrogen) atoms. The number of aliphatic hydroxyl groups is 2. The molecule has 0 aromatic rings. The number of carboxylic acid groups (broad SMARTS) is 1. The third-order valence-electron chi connectivity index (χ3n) is 15.8. The minimum atomic E-state index is -1.91. The van der Waals surface area contributed by atoms with Gasteiger partial charge in [0.15, 0.2) is 24.6 Å². The first kappa shape index (κ1) is 77.7. The normalized spacial score (nSPS) is 17.8. The molecular formula is C71H126O12. The fraction of sp³-hybridized carbons (Fsp3) is 0.831. The molecule has 0 amide bonds. The predicted molar refractivity (Wildman–Crippen MR) is 340 cm³/mol. The highest BCUT2D eigenvalue weighted by Crippen LogP contribution is 2.27. The second-order valence-corrected chi connectivity index (χ2v) is 23.8. The number of rotatable bonds is 60. The van der Waals surface area contributed by atoms with Crippen LogP contribution in [0, 0.1) is 0 Å². The summed E-state index contributed by atoms with van der Waals surface area (Å²) in [6.07, 6.45) is 60.6. The summed E-state index contributed by atoms with van der Waals surface area (Å²) >= 11 is 0. The van der Waals surface area contributed by atoms with Crippen molar-refractivity contribution in [2.75, 3.05) is 13.2 Å². The molecule has 1 fully saturated rings. The van der Waals surface area contributed by atoms with Gasteiger partial charge in [-0.05, 0) is 103 Å². The minimum Gasteiger partial charge on any atom is -0.479 e. The zero-order chi connectivity index (χ0) is 60.3. The SMILES string of the molecule is CCCCC/C=C\C/C=C\CCCCCCCCCC(=O)OC(COC(=O)CCCCCCCCCCC/C=C\CCCCCCCC)COC1OC(C(=O)O)C(O)C(O)C1OC(=O)CCCCCCCCC/C=C\CCCCCCCC. The van der Waals surface area contributed by atoms with E-state index in [0.29, 0.717) is 19.3 Å². The van der Waals surface area contributed by atoms with E-state index in [0.717, 1.165) is 89.9 Å². The number of allylic oxidation sites excluding steroid dienone is 8. The summed E-state index contributed by atoms with van der Waals surface area (Å²) in [5.41, 5.74) is 0. The van der Waals surface area contributed by atoms with Gasteiger partial charge in [0.05, 0.1) is 6.61 Å². The maximum absolute atomic E-state index is 13.2. The van der Waals surface area contributed by atoms with Crippen molar-refractivity contribution in [2.24, 2.45) is 0 Å². The molecule has 1 aliphatic rings. The Bertz CT molecular complexity index is 1630. The number of ether oxygens (including phenoxy) is 5. The lowest BCUT2D eigenvalue weighted by molar-refractivity contribution is -0.301. The van der Waals surface area contributed by atoms with E-state index in [9.17, 15) is 34.5 Å². The first-order chi connectivity index (χ1) is 40.6. The van der Waals surface area contributed by atoms with Crippen molar-refractivity contribution in [3.8, 4) is 0 Å². The summed E-state index contributed by atoms with van der Waals surface area (Å²) in [6, 6.07) is 0. The summed E-state index contributed by atoms with van der Waals surface area (Å²) in [7, 11) is 0. The Morgan fingerprint density at radius 1 is 0.398 bits per heavy atom. The number of carboxylic acids is 1. The number of carbonyl (C=O) groups excluding carboxylic acids is 3. The van der Waals surface area contributed by atoms with E-state index in [1.807, 2.05) is 0 Å². The van der Waals surface area contributed by atoms with Crippen molar-refractivity contribution in [3.05, 3.63) is 48.6 Å². The maximum atomic E-state index is 13.2. The van der Waals surface area contributed by atoms with Crippen molar-refractivity contribution in [2.45, 2.75) is 366 Å². The Hall–Kier alpha value is -3.32. The van der Waals surface area contributed by atoms with Crippen molar-refractivity contribution in [3.63, 3.8) is 0 Å². The lowest BCUT2D eigenvalue weighted by Crippen LogP contribution is -2.61. The highest BCUT2D eigenvalue weighted by atomic mass is 16.7. The van der Waals surface area contributed by atoms with E-state index in [2.05, 4.69) is 69.4 Å². The Kier molecular flexibility index (Phi) is 55.3. The molecular weight excluding hydrogens is 1040 g/mol. The predicted octanol–water partition coefficient (Wildman–Crippen LogP) is 18.9. The molecule has 0 aromatic heterocycles. The van der Waals surface area contributed by atoms with Gasteiger partial charge in [-0.25, -0.2) is 4.79 Å². The van der Waals surface area contributed by atoms with Crippen LogP contribution in [0.5, 0.6) is 0 Å². The van der Waals surface area contributed by atoms with Crippen molar-refractivity contribution >= 4 is 23.9 Å². The van der Waals surface area contributed by atoms with Gasteiger partial charge >= 0.3 is 23.9 Å². The van der Waals surface area contributed by atoms with Gasteiger partial charge in [0.25, 0.3) is 0 Å². The molecule has 1 heterocycles. The Morgan fingerprint density at radius 3 is 1.12 bits per heavy atom. The number of unbranched alkanes of at least 4 members (excludes halogenated alkanes) is 38. The van der Waals surface area contributed by atoms with Crippen LogP contribution in [0.2, 0.25) is 0 Å². The van der Waals surface area contributed by atoms with Gasteiger partial charge in [0, 0.05) is 19.3 Å². The Labute approximate surface area is 507 Å². The smallest absolute Gasteiger partial charge is 0.335 e. The third kappa shape index (κ3) is 48.5. The standard InChI is InChI=1S/C71H126O12/c1-4-7-10-13-16-19-22-25-28-31-32-35-36-39-42-45-48-51-54-57-63(72)79-60-62(81-64(73)58-55-52-49-46-43-40-37-33-29-26-23-20-17-14-11-8-5-2)61-80-71-69(67(76)66(75)68(83-71)70(77)78)82-65(74)59-56-53-50-47-44-41-38-34-30-27-24-21-18-15-12-9-6-3/h17,20,25-30,62,66-69,71,75-76H,4-16,18-19,21-24,31-61H2,1-3H3,(H,77,78)/b20-17-,28-25-,29-26-,30-27-. The van der Waals surface area contributed by atoms with Crippen molar-refractivity contribution in [1.29, 1.82) is 0 Å². The molecule has 1 saturated heterocycles. The van der Waals surface area contributed by atoms with Crippen LogP contribution in [0.25, 0.3) is 0 Å². The second kappa shape index (κ2) is 59.0. The van der Waals surface area contributed by atoms with Crippen LogP contribution in [0.15, 0.2) is 48.6 Å². The number of aliphatic carboxylic acids is 1. The van der Waals surface area contributed by atoms with E-state index in [4.69, 9.17) is 23.7 Å². The van der Waals surface area contributed by atoms with Gasteiger partial charge in [0.1, 0.15) is 18.8 Å². The van der Waals surface area contributed by atoms with Gasteiger partial charge in [-0.15, -0.1) is 0 Å². The van der Waals surface area contributed by atoms with Gasteiger partial charge in [-0.2, -0.15) is 0 Å². The zero-order valence-corrected chi connectivity index (χ0v) is 53.5. The molecule has 12 heteroatoms. The van der Waals surface area contributed by atoms with Gasteiger partial charge in [-0.1, -0.05) is 256 Å². The second-order valence-electron chi connectivity index (χ2n) is 23.8. The molecule has 0 saturated carbocycles. The van der Waals surface area contributed by atoms with E-state index in [-0.39, 0.29) is 25.9 Å². The Morgan fingerprint density at radius 2 is 0.723 bits per heavy atom. The van der Waals surface area contributed by atoms with Crippen LogP contribution in [-0.4, -0.2) is 89.2 Å². The molecule has 3 N–H and O–H groups in total. The number of aliphatic hydroxyl groups excluding tert-OH is 2. The summed E-state index contributed by atoms with van der Waals surface area (Å²) in [6.45, 7) is 6.01. The molecule has 1 rings (SSSR count). The molecule has 6 atom stereocenters. The van der Waals surface area contributed by atoms with Crippen LogP contribution >= 0.6 is 0 Å². The molecule has 0 aliphatic carbocycles. The van der Waals surface area contributed by atoms with E-state index in [1.165, 1.54) is 180 Å². The molecule has 0 bridgehead atoms. The highest BCUT2D eigenvalue weighted by molar-refractivity contribution is 5.74. The number of hydrogen-bond acceptors (Lipinski definition) is 11. The first-order valence-electron chi connectivity index (χ1n) is 34.6. The molecule has 1 aliphatic heterocycles. The molecule has 12 nitrogen and oxygen atoms in total. The fourth-order valence-corrected chi connectivity index (χ4v) is 10.5. The quantitative estimate of drug-likeness (QED) is 0.0228. The monoisotopic (exact) mass is 1170 g/mol. The van der Waals surface area contributed by atoms with E-state index >= 15 is 0 Å². The summed E-state index contributed by atoms with van der Waals surface area (Å²) in [5, 5.41) is 31.6.